The highest BCUT2D eigenvalue weighted by Crippen LogP contribution is 2.35. The molecule has 94 valence electrons. The molecule has 0 aromatic heterocycles. The highest BCUT2D eigenvalue weighted by molar-refractivity contribution is 5.73. The van der Waals surface area contributed by atoms with Crippen LogP contribution in [0.5, 0.6) is 0 Å². The first-order valence-corrected chi connectivity index (χ1v) is 5.16. The monoisotopic (exact) mass is 234 g/mol. The molecule has 16 heavy (non-hydrogen) atoms. The van der Waals surface area contributed by atoms with Crippen LogP contribution >= 0.6 is 0 Å². The average Bonchev–Trinajstić information content (AvgIpc) is 2.19. The van der Waals surface area contributed by atoms with Gasteiger partial charge in [-0.15, -0.1) is 0 Å². The quantitative estimate of drug-likeness (QED) is 0.486. The first-order chi connectivity index (χ1) is 7.21. The Kier molecular flexibility index (Phi) is 3.59. The molecular weight excluding hydrogens is 216 g/mol. The maximum atomic E-state index is 10.8. The Morgan fingerprint density at radius 1 is 1.25 bits per heavy atom. The van der Waals surface area contributed by atoms with Crippen LogP contribution in [-0.2, 0) is 9.53 Å². The van der Waals surface area contributed by atoms with Crippen LogP contribution in [0.15, 0.2) is 0 Å². The van der Waals surface area contributed by atoms with Crippen LogP contribution in [0.1, 0.15) is 20.8 Å². The summed E-state index contributed by atoms with van der Waals surface area (Å²) in [5, 5.41) is 37.7. The Morgan fingerprint density at radius 2 is 1.75 bits per heavy atom. The lowest BCUT2D eigenvalue weighted by Gasteiger charge is -2.48. The molecule has 0 aliphatic carbocycles. The Bertz CT molecular complexity index is 278. The normalized spacial score (nSPS) is 44.7. The number of ether oxygens (including phenoxy) is 1. The molecule has 0 aromatic carbocycles. The van der Waals surface area contributed by atoms with Gasteiger partial charge in [0.1, 0.15) is 18.3 Å². The van der Waals surface area contributed by atoms with Crippen molar-refractivity contribution in [1.29, 1.82) is 0 Å². The Balaban J connectivity index is 3.03. The fraction of sp³-hybridized carbons (Fsp3) is 0.900. The fourth-order valence-electron chi connectivity index (χ4n) is 1.79. The van der Waals surface area contributed by atoms with Crippen LogP contribution in [0.25, 0.3) is 0 Å². The maximum Gasteiger partial charge on any atom is 0.335 e. The molecule has 0 radical (unpaired) electrons. The van der Waals surface area contributed by atoms with Crippen LogP contribution in [0.4, 0.5) is 0 Å². The molecule has 1 rings (SSSR count). The van der Waals surface area contributed by atoms with Gasteiger partial charge in [-0.1, -0.05) is 13.8 Å². The van der Waals surface area contributed by atoms with Gasteiger partial charge in [-0.05, 0) is 12.8 Å². The lowest BCUT2D eigenvalue weighted by molar-refractivity contribution is -0.273. The van der Waals surface area contributed by atoms with Gasteiger partial charge < -0.3 is 25.2 Å². The standard InChI is InChI=1S/C10H18O6/c1-4(2)10(3)8(13)6(12)5(11)7(16-10)9(14)15/h4-8,11-13H,1-3H3,(H,14,15)/t5-,6-,7-,8+,10+/m0/s1. The van der Waals surface area contributed by atoms with Crippen molar-refractivity contribution in [3.8, 4) is 0 Å². The summed E-state index contributed by atoms with van der Waals surface area (Å²) >= 11 is 0. The minimum Gasteiger partial charge on any atom is -0.479 e. The predicted octanol–water partition coefficient (Wildman–Crippen LogP) is -1.03. The summed E-state index contributed by atoms with van der Waals surface area (Å²) in [4.78, 5) is 10.8. The molecule has 1 aliphatic rings. The van der Waals surface area contributed by atoms with Crippen molar-refractivity contribution in [2.24, 2.45) is 5.92 Å². The second kappa shape index (κ2) is 4.29. The van der Waals surface area contributed by atoms with Gasteiger partial charge in [-0.3, -0.25) is 0 Å². The molecule has 0 spiro atoms. The zero-order valence-corrected chi connectivity index (χ0v) is 9.49. The van der Waals surface area contributed by atoms with Gasteiger partial charge in [0.2, 0.25) is 0 Å². The van der Waals surface area contributed by atoms with E-state index in [0.29, 0.717) is 0 Å². The molecule has 1 aliphatic heterocycles. The molecule has 1 heterocycles. The Morgan fingerprint density at radius 3 is 2.12 bits per heavy atom. The fourth-order valence-corrected chi connectivity index (χ4v) is 1.79. The topological polar surface area (TPSA) is 107 Å². The van der Waals surface area contributed by atoms with E-state index in [2.05, 4.69) is 0 Å². The molecule has 0 aromatic rings. The molecule has 0 bridgehead atoms. The van der Waals surface area contributed by atoms with E-state index in [9.17, 15) is 20.1 Å². The molecule has 6 nitrogen and oxygen atoms in total. The molecule has 1 fully saturated rings. The second-order valence-electron chi connectivity index (χ2n) is 4.64. The largest absolute Gasteiger partial charge is 0.479 e. The van der Waals surface area contributed by atoms with Gasteiger partial charge in [0, 0.05) is 0 Å². The van der Waals surface area contributed by atoms with Crippen LogP contribution in [0.3, 0.4) is 0 Å². The first kappa shape index (κ1) is 13.4. The van der Waals surface area contributed by atoms with Gasteiger partial charge in [0.05, 0.1) is 5.60 Å². The van der Waals surface area contributed by atoms with Crippen molar-refractivity contribution in [2.75, 3.05) is 0 Å². The van der Waals surface area contributed by atoms with Gasteiger partial charge in [-0.25, -0.2) is 4.79 Å². The van der Waals surface area contributed by atoms with Crippen molar-refractivity contribution < 1.29 is 30.0 Å². The van der Waals surface area contributed by atoms with Crippen molar-refractivity contribution >= 4 is 5.97 Å². The predicted molar refractivity (Wildman–Crippen MR) is 53.8 cm³/mol. The number of hydrogen-bond acceptors (Lipinski definition) is 5. The third-order valence-corrected chi connectivity index (χ3v) is 3.34. The molecule has 5 atom stereocenters. The van der Waals surface area contributed by atoms with E-state index in [-0.39, 0.29) is 5.92 Å². The van der Waals surface area contributed by atoms with Gasteiger partial charge in [0.25, 0.3) is 0 Å². The number of aliphatic carboxylic acids is 1. The summed E-state index contributed by atoms with van der Waals surface area (Å²) in [6.45, 7) is 5.01. The lowest BCUT2D eigenvalue weighted by Crippen LogP contribution is -2.66. The van der Waals surface area contributed by atoms with Crippen molar-refractivity contribution in [1.82, 2.24) is 0 Å². The molecule has 6 heteroatoms. The van der Waals surface area contributed by atoms with Crippen LogP contribution in [-0.4, -0.2) is 56.4 Å². The van der Waals surface area contributed by atoms with E-state index in [1.807, 2.05) is 0 Å². The van der Waals surface area contributed by atoms with Gasteiger partial charge >= 0.3 is 5.97 Å². The summed E-state index contributed by atoms with van der Waals surface area (Å²) in [7, 11) is 0. The number of carbonyl (C=O) groups is 1. The summed E-state index contributed by atoms with van der Waals surface area (Å²) < 4.78 is 5.23. The van der Waals surface area contributed by atoms with Crippen LogP contribution < -0.4 is 0 Å². The summed E-state index contributed by atoms with van der Waals surface area (Å²) in [6, 6.07) is 0. The molecular formula is C10H18O6. The number of aliphatic hydroxyl groups is 3. The SMILES string of the molecule is CC(C)[C@@]1(C)O[C@H](C(=O)O)[C@@H](O)[C@H](O)[C@H]1O. The second-order valence-corrected chi connectivity index (χ2v) is 4.64. The smallest absolute Gasteiger partial charge is 0.335 e. The lowest BCUT2D eigenvalue weighted by atomic mass is 9.79. The van der Waals surface area contributed by atoms with E-state index < -0.39 is 36.0 Å². The number of rotatable bonds is 2. The minimum absolute atomic E-state index is 0.202. The molecule has 1 saturated heterocycles. The third-order valence-electron chi connectivity index (χ3n) is 3.34. The number of hydrogen-bond donors (Lipinski definition) is 4. The molecule has 0 amide bonds. The Labute approximate surface area is 93.5 Å². The van der Waals surface area contributed by atoms with Crippen molar-refractivity contribution in [2.45, 2.75) is 50.8 Å². The van der Waals surface area contributed by atoms with Crippen molar-refractivity contribution in [3.63, 3.8) is 0 Å². The zero-order valence-electron chi connectivity index (χ0n) is 9.49. The third kappa shape index (κ3) is 1.93. The summed E-state index contributed by atoms with van der Waals surface area (Å²) in [5.41, 5.74) is -1.19. The number of carboxylic acid groups (broad SMARTS) is 1. The minimum atomic E-state index is -1.63. The molecule has 4 N–H and O–H groups in total. The van der Waals surface area contributed by atoms with Crippen LogP contribution in [0.2, 0.25) is 0 Å². The summed E-state index contributed by atoms with van der Waals surface area (Å²) in [6.07, 6.45) is -5.99. The maximum absolute atomic E-state index is 10.8. The van der Waals surface area contributed by atoms with E-state index in [4.69, 9.17) is 9.84 Å². The van der Waals surface area contributed by atoms with Crippen molar-refractivity contribution in [3.05, 3.63) is 0 Å². The van der Waals surface area contributed by atoms with Crippen LogP contribution in [0, 0.1) is 5.92 Å². The summed E-state index contributed by atoms with van der Waals surface area (Å²) in [5.74, 6) is -1.56. The van der Waals surface area contributed by atoms with Gasteiger partial charge in [0.15, 0.2) is 6.10 Å². The highest BCUT2D eigenvalue weighted by Gasteiger charge is 2.54. The highest BCUT2D eigenvalue weighted by atomic mass is 16.6. The average molecular weight is 234 g/mol. The van der Waals surface area contributed by atoms with E-state index in [1.54, 1.807) is 13.8 Å². The van der Waals surface area contributed by atoms with Gasteiger partial charge in [-0.2, -0.15) is 0 Å². The van der Waals surface area contributed by atoms with E-state index in [1.165, 1.54) is 6.92 Å². The molecule has 0 unspecified atom stereocenters. The number of aliphatic hydroxyl groups excluding tert-OH is 3. The first-order valence-electron chi connectivity index (χ1n) is 5.16. The molecule has 0 saturated carbocycles. The Hall–Kier alpha value is -0.690. The number of carboxylic acids is 1. The van der Waals surface area contributed by atoms with E-state index in [0.717, 1.165) is 0 Å². The zero-order chi connectivity index (χ0) is 12.7. The van der Waals surface area contributed by atoms with E-state index >= 15 is 0 Å².